The van der Waals surface area contributed by atoms with Gasteiger partial charge in [0, 0.05) is 18.7 Å². The third-order valence-electron chi connectivity index (χ3n) is 3.68. The van der Waals surface area contributed by atoms with Crippen LogP contribution in [0.4, 0.5) is 0 Å². The Balaban J connectivity index is 1.97. The molecule has 2 N–H and O–H groups in total. The van der Waals surface area contributed by atoms with Crippen LogP contribution in [0.2, 0.25) is 0 Å². The Hall–Kier alpha value is -0.870. The number of nitrogens with zero attached hydrogens (tertiary/aromatic N) is 2. The lowest BCUT2D eigenvalue weighted by Crippen LogP contribution is -2.41. The summed E-state index contributed by atoms with van der Waals surface area (Å²) < 4.78 is 5.27. The molecule has 16 heavy (non-hydrogen) atoms. The van der Waals surface area contributed by atoms with Gasteiger partial charge in [0.05, 0.1) is 12.2 Å². The normalized spacial score (nSPS) is 27.2. The van der Waals surface area contributed by atoms with Crippen LogP contribution < -0.4 is 5.73 Å². The van der Waals surface area contributed by atoms with Crippen molar-refractivity contribution in [1.82, 2.24) is 10.1 Å². The van der Waals surface area contributed by atoms with Gasteiger partial charge in [-0.05, 0) is 32.2 Å². The van der Waals surface area contributed by atoms with Gasteiger partial charge < -0.3 is 10.3 Å². The van der Waals surface area contributed by atoms with E-state index in [1.54, 1.807) is 0 Å². The second kappa shape index (κ2) is 4.97. The smallest absolute Gasteiger partial charge is 0.151 e. The molecule has 1 aromatic rings. The van der Waals surface area contributed by atoms with Crippen molar-refractivity contribution in [2.45, 2.75) is 45.8 Å². The maximum absolute atomic E-state index is 5.51. The summed E-state index contributed by atoms with van der Waals surface area (Å²) in [5, 5.41) is 3.92. The number of nitrogens with two attached hydrogens (primary N) is 1. The Kier molecular flexibility index (Phi) is 3.61. The molecule has 0 aromatic carbocycles. The molecule has 1 fully saturated rings. The maximum atomic E-state index is 5.51. The summed E-state index contributed by atoms with van der Waals surface area (Å²) in [5.74, 6) is 1.70. The summed E-state index contributed by atoms with van der Waals surface area (Å²) in [7, 11) is 0. The monoisotopic (exact) mass is 223 g/mol. The van der Waals surface area contributed by atoms with Crippen LogP contribution in [0, 0.1) is 5.92 Å². The third-order valence-corrected chi connectivity index (χ3v) is 3.68. The third kappa shape index (κ3) is 2.44. The SMILES string of the molecule is CC1CCCN(Cc2cc(CN)no2)C1C. The Morgan fingerprint density at radius 3 is 3.06 bits per heavy atom. The topological polar surface area (TPSA) is 55.3 Å². The predicted molar refractivity (Wildman–Crippen MR) is 62.7 cm³/mol. The van der Waals surface area contributed by atoms with Gasteiger partial charge in [0.1, 0.15) is 0 Å². The van der Waals surface area contributed by atoms with Crippen molar-refractivity contribution in [3.05, 3.63) is 17.5 Å². The molecule has 0 bridgehead atoms. The molecule has 0 amide bonds. The number of likely N-dealkylation sites (tertiary alicyclic amines) is 1. The van der Waals surface area contributed by atoms with Crippen LogP contribution in [0.25, 0.3) is 0 Å². The van der Waals surface area contributed by atoms with Crippen molar-refractivity contribution in [2.24, 2.45) is 11.7 Å². The lowest BCUT2D eigenvalue weighted by molar-refractivity contribution is 0.0959. The minimum Gasteiger partial charge on any atom is -0.360 e. The van der Waals surface area contributed by atoms with Crippen molar-refractivity contribution >= 4 is 0 Å². The lowest BCUT2D eigenvalue weighted by atomic mass is 9.92. The van der Waals surface area contributed by atoms with Crippen molar-refractivity contribution in [3.63, 3.8) is 0 Å². The van der Waals surface area contributed by atoms with Crippen molar-refractivity contribution in [2.75, 3.05) is 6.54 Å². The van der Waals surface area contributed by atoms with Gasteiger partial charge in [0.25, 0.3) is 0 Å². The molecule has 1 saturated heterocycles. The van der Waals surface area contributed by atoms with Crippen LogP contribution in [0.5, 0.6) is 0 Å². The molecule has 1 aromatic heterocycles. The van der Waals surface area contributed by atoms with Crippen LogP contribution in [0.3, 0.4) is 0 Å². The molecule has 0 spiro atoms. The zero-order valence-electron chi connectivity index (χ0n) is 10.1. The average Bonchev–Trinajstić information content (AvgIpc) is 2.73. The highest BCUT2D eigenvalue weighted by Crippen LogP contribution is 2.24. The molecule has 4 heteroatoms. The summed E-state index contributed by atoms with van der Waals surface area (Å²) in [6, 6.07) is 2.59. The first-order valence-electron chi connectivity index (χ1n) is 6.09. The predicted octanol–water partition coefficient (Wildman–Crippen LogP) is 1.75. The maximum Gasteiger partial charge on any atom is 0.151 e. The fraction of sp³-hybridized carbons (Fsp3) is 0.750. The van der Waals surface area contributed by atoms with Crippen molar-refractivity contribution in [3.8, 4) is 0 Å². The first-order chi connectivity index (χ1) is 7.70. The molecule has 2 rings (SSSR count). The Morgan fingerprint density at radius 1 is 1.56 bits per heavy atom. The standard InChI is InChI=1S/C12H21N3O/c1-9-4-3-5-15(10(9)2)8-12-6-11(7-13)14-16-12/h6,9-10H,3-5,7-8,13H2,1-2H3. The molecule has 0 saturated carbocycles. The molecule has 2 atom stereocenters. The fourth-order valence-corrected chi connectivity index (χ4v) is 2.37. The molecule has 90 valence electrons. The van der Waals surface area contributed by atoms with Gasteiger partial charge in [0.15, 0.2) is 5.76 Å². The van der Waals surface area contributed by atoms with E-state index in [0.29, 0.717) is 12.6 Å². The zero-order chi connectivity index (χ0) is 11.5. The van der Waals surface area contributed by atoms with Gasteiger partial charge in [-0.1, -0.05) is 12.1 Å². The molecule has 4 nitrogen and oxygen atoms in total. The Morgan fingerprint density at radius 2 is 2.38 bits per heavy atom. The lowest BCUT2D eigenvalue weighted by Gasteiger charge is -2.37. The zero-order valence-corrected chi connectivity index (χ0v) is 10.1. The van der Waals surface area contributed by atoms with E-state index >= 15 is 0 Å². The van der Waals surface area contributed by atoms with E-state index in [1.165, 1.54) is 12.8 Å². The quantitative estimate of drug-likeness (QED) is 0.848. The number of piperidine rings is 1. The summed E-state index contributed by atoms with van der Waals surface area (Å²) in [4.78, 5) is 2.47. The van der Waals surface area contributed by atoms with Crippen LogP contribution in [0.15, 0.2) is 10.6 Å². The molecule has 2 unspecified atom stereocenters. The average molecular weight is 223 g/mol. The second-order valence-electron chi connectivity index (χ2n) is 4.82. The highest BCUT2D eigenvalue weighted by molar-refractivity contribution is 5.05. The van der Waals surface area contributed by atoms with Gasteiger partial charge in [0.2, 0.25) is 0 Å². The molecule has 1 aliphatic rings. The Bertz CT molecular complexity index is 337. The highest BCUT2D eigenvalue weighted by atomic mass is 16.5. The van der Waals surface area contributed by atoms with E-state index in [4.69, 9.17) is 10.3 Å². The molecular formula is C12H21N3O. The van der Waals surface area contributed by atoms with E-state index < -0.39 is 0 Å². The van der Waals surface area contributed by atoms with Crippen LogP contribution in [-0.2, 0) is 13.1 Å². The van der Waals surface area contributed by atoms with E-state index in [1.807, 2.05) is 6.07 Å². The van der Waals surface area contributed by atoms with Gasteiger partial charge in [-0.3, -0.25) is 4.90 Å². The summed E-state index contributed by atoms with van der Waals surface area (Å²) in [5.41, 5.74) is 6.35. The largest absolute Gasteiger partial charge is 0.360 e. The molecule has 0 aliphatic carbocycles. The highest BCUT2D eigenvalue weighted by Gasteiger charge is 2.25. The van der Waals surface area contributed by atoms with Crippen LogP contribution in [0.1, 0.15) is 38.1 Å². The van der Waals surface area contributed by atoms with Crippen LogP contribution >= 0.6 is 0 Å². The molecule has 0 radical (unpaired) electrons. The molecular weight excluding hydrogens is 202 g/mol. The van der Waals surface area contributed by atoms with E-state index in [-0.39, 0.29) is 0 Å². The summed E-state index contributed by atoms with van der Waals surface area (Å²) in [6.45, 7) is 7.09. The summed E-state index contributed by atoms with van der Waals surface area (Å²) in [6.07, 6.45) is 2.62. The fourth-order valence-electron chi connectivity index (χ4n) is 2.37. The first kappa shape index (κ1) is 11.6. The first-order valence-corrected chi connectivity index (χ1v) is 6.09. The minimum atomic E-state index is 0.454. The van der Waals surface area contributed by atoms with Gasteiger partial charge in [-0.25, -0.2) is 0 Å². The van der Waals surface area contributed by atoms with Crippen molar-refractivity contribution < 1.29 is 4.52 Å². The number of hydrogen-bond acceptors (Lipinski definition) is 4. The van der Waals surface area contributed by atoms with Crippen molar-refractivity contribution in [1.29, 1.82) is 0 Å². The number of hydrogen-bond donors (Lipinski definition) is 1. The van der Waals surface area contributed by atoms with E-state index in [2.05, 4.69) is 23.9 Å². The van der Waals surface area contributed by atoms with Crippen LogP contribution in [-0.4, -0.2) is 22.6 Å². The molecule has 2 heterocycles. The van der Waals surface area contributed by atoms with E-state index in [0.717, 1.165) is 30.5 Å². The van der Waals surface area contributed by atoms with Gasteiger partial charge in [-0.15, -0.1) is 0 Å². The Labute approximate surface area is 96.8 Å². The van der Waals surface area contributed by atoms with Gasteiger partial charge >= 0.3 is 0 Å². The second-order valence-corrected chi connectivity index (χ2v) is 4.82. The van der Waals surface area contributed by atoms with E-state index in [9.17, 15) is 0 Å². The minimum absolute atomic E-state index is 0.454. The number of aromatic nitrogens is 1. The summed E-state index contributed by atoms with van der Waals surface area (Å²) >= 11 is 0. The van der Waals surface area contributed by atoms with Gasteiger partial charge in [-0.2, -0.15) is 0 Å². The molecule has 1 aliphatic heterocycles. The number of rotatable bonds is 3.